The zero-order valence-corrected chi connectivity index (χ0v) is 12.5. The standard InChI is InChI=1S/C17H19NO3/c1-4-12-5-8-16(17(9-12)20-3)21-13-6-7-14(11(2)19)15(18)10-13/h5-10H,4,18H2,1-3H3. The Morgan fingerprint density at radius 3 is 2.48 bits per heavy atom. The van der Waals surface area contributed by atoms with Crippen LogP contribution >= 0.6 is 0 Å². The lowest BCUT2D eigenvalue weighted by atomic mass is 10.1. The molecule has 0 amide bonds. The average molecular weight is 285 g/mol. The van der Waals surface area contributed by atoms with Crippen LogP contribution in [0.15, 0.2) is 36.4 Å². The molecule has 0 saturated carbocycles. The van der Waals surface area contributed by atoms with Crippen LogP contribution in [0.4, 0.5) is 5.69 Å². The predicted molar refractivity (Wildman–Crippen MR) is 83.3 cm³/mol. The smallest absolute Gasteiger partial charge is 0.169 e. The number of hydrogen-bond donors (Lipinski definition) is 1. The molecule has 2 aromatic rings. The molecule has 21 heavy (non-hydrogen) atoms. The van der Waals surface area contributed by atoms with Crippen LogP contribution in [0.1, 0.15) is 29.8 Å². The summed E-state index contributed by atoms with van der Waals surface area (Å²) in [7, 11) is 1.61. The van der Waals surface area contributed by atoms with Gasteiger partial charge < -0.3 is 15.2 Å². The molecule has 0 heterocycles. The van der Waals surface area contributed by atoms with Crippen molar-refractivity contribution in [2.75, 3.05) is 12.8 Å². The van der Waals surface area contributed by atoms with Gasteiger partial charge in [-0.25, -0.2) is 0 Å². The molecule has 0 radical (unpaired) electrons. The van der Waals surface area contributed by atoms with Gasteiger partial charge in [-0.2, -0.15) is 0 Å². The summed E-state index contributed by atoms with van der Waals surface area (Å²) in [6.45, 7) is 3.56. The third kappa shape index (κ3) is 3.34. The van der Waals surface area contributed by atoms with Crippen LogP contribution in [0.2, 0.25) is 0 Å². The number of hydrogen-bond acceptors (Lipinski definition) is 4. The van der Waals surface area contributed by atoms with Gasteiger partial charge >= 0.3 is 0 Å². The highest BCUT2D eigenvalue weighted by atomic mass is 16.5. The van der Waals surface area contributed by atoms with Crippen LogP contribution in [-0.4, -0.2) is 12.9 Å². The normalized spacial score (nSPS) is 10.2. The first-order valence-corrected chi connectivity index (χ1v) is 6.80. The highest BCUT2D eigenvalue weighted by Crippen LogP contribution is 2.33. The van der Waals surface area contributed by atoms with Gasteiger partial charge in [-0.3, -0.25) is 4.79 Å². The van der Waals surface area contributed by atoms with Crippen LogP contribution in [0.3, 0.4) is 0 Å². The largest absolute Gasteiger partial charge is 0.493 e. The van der Waals surface area contributed by atoms with Crippen molar-refractivity contribution < 1.29 is 14.3 Å². The first-order chi connectivity index (χ1) is 10.0. The molecular formula is C17H19NO3. The van der Waals surface area contributed by atoms with Crippen molar-refractivity contribution in [3.63, 3.8) is 0 Å². The minimum atomic E-state index is -0.0658. The highest BCUT2D eigenvalue weighted by Gasteiger charge is 2.09. The molecule has 0 fully saturated rings. The Hall–Kier alpha value is -2.49. The van der Waals surface area contributed by atoms with Crippen molar-refractivity contribution in [2.24, 2.45) is 0 Å². The average Bonchev–Trinajstić information content (AvgIpc) is 2.47. The first kappa shape index (κ1) is 14.9. The maximum Gasteiger partial charge on any atom is 0.169 e. The first-order valence-electron chi connectivity index (χ1n) is 6.80. The molecule has 4 heteroatoms. The van der Waals surface area contributed by atoms with E-state index in [0.29, 0.717) is 28.5 Å². The number of anilines is 1. The van der Waals surface area contributed by atoms with E-state index in [2.05, 4.69) is 6.92 Å². The van der Waals surface area contributed by atoms with Gasteiger partial charge in [-0.1, -0.05) is 13.0 Å². The van der Waals surface area contributed by atoms with Crippen LogP contribution in [0.5, 0.6) is 17.2 Å². The summed E-state index contributed by atoms with van der Waals surface area (Å²) >= 11 is 0. The maximum absolute atomic E-state index is 11.4. The van der Waals surface area contributed by atoms with Gasteiger partial charge in [-0.05, 0) is 43.2 Å². The van der Waals surface area contributed by atoms with Gasteiger partial charge in [0.25, 0.3) is 0 Å². The second-order valence-corrected chi connectivity index (χ2v) is 4.75. The van der Waals surface area contributed by atoms with Crippen molar-refractivity contribution in [2.45, 2.75) is 20.3 Å². The maximum atomic E-state index is 11.4. The molecule has 0 bridgehead atoms. The summed E-state index contributed by atoms with van der Waals surface area (Å²) in [6.07, 6.45) is 0.927. The van der Waals surface area contributed by atoms with Crippen molar-refractivity contribution >= 4 is 11.5 Å². The minimum absolute atomic E-state index is 0.0658. The molecule has 0 spiro atoms. The molecule has 4 nitrogen and oxygen atoms in total. The quantitative estimate of drug-likeness (QED) is 0.670. The number of nitrogens with two attached hydrogens (primary N) is 1. The fraction of sp³-hybridized carbons (Fsp3) is 0.235. The van der Waals surface area contributed by atoms with E-state index in [1.807, 2.05) is 18.2 Å². The van der Waals surface area contributed by atoms with Crippen molar-refractivity contribution in [1.29, 1.82) is 0 Å². The minimum Gasteiger partial charge on any atom is -0.493 e. The van der Waals surface area contributed by atoms with Gasteiger partial charge in [0.1, 0.15) is 5.75 Å². The summed E-state index contributed by atoms with van der Waals surface area (Å²) in [4.78, 5) is 11.4. The van der Waals surface area contributed by atoms with Crippen molar-refractivity contribution in [3.05, 3.63) is 47.5 Å². The Morgan fingerprint density at radius 1 is 1.14 bits per heavy atom. The van der Waals surface area contributed by atoms with Gasteiger partial charge in [0.05, 0.1) is 7.11 Å². The highest BCUT2D eigenvalue weighted by molar-refractivity contribution is 5.99. The number of ether oxygens (including phenoxy) is 2. The van der Waals surface area contributed by atoms with Gasteiger partial charge in [0.15, 0.2) is 17.3 Å². The Balaban J connectivity index is 2.30. The second kappa shape index (κ2) is 6.31. The lowest BCUT2D eigenvalue weighted by Gasteiger charge is -2.12. The Morgan fingerprint density at radius 2 is 1.90 bits per heavy atom. The van der Waals surface area contributed by atoms with Gasteiger partial charge in [-0.15, -0.1) is 0 Å². The zero-order valence-electron chi connectivity index (χ0n) is 12.5. The third-order valence-electron chi connectivity index (χ3n) is 3.27. The fourth-order valence-corrected chi connectivity index (χ4v) is 2.07. The van der Waals surface area contributed by atoms with Crippen LogP contribution in [-0.2, 0) is 6.42 Å². The molecule has 0 aliphatic heterocycles. The molecule has 2 aromatic carbocycles. The number of carbonyl (C=O) groups is 1. The predicted octanol–water partition coefficient (Wildman–Crippen LogP) is 3.83. The number of rotatable bonds is 5. The fourth-order valence-electron chi connectivity index (χ4n) is 2.07. The van der Waals surface area contributed by atoms with Gasteiger partial charge in [0.2, 0.25) is 0 Å². The summed E-state index contributed by atoms with van der Waals surface area (Å²) in [5.41, 5.74) is 7.93. The lowest BCUT2D eigenvalue weighted by molar-refractivity contribution is 0.101. The molecule has 0 unspecified atom stereocenters. The molecule has 0 aromatic heterocycles. The SMILES string of the molecule is CCc1ccc(Oc2ccc(C(C)=O)c(N)c2)c(OC)c1. The van der Waals surface area contributed by atoms with Crippen molar-refractivity contribution in [3.8, 4) is 17.2 Å². The summed E-state index contributed by atoms with van der Waals surface area (Å²) in [6, 6.07) is 10.8. The van der Waals surface area contributed by atoms with E-state index in [4.69, 9.17) is 15.2 Å². The summed E-state index contributed by atoms with van der Waals surface area (Å²) < 4.78 is 11.1. The number of benzene rings is 2. The molecule has 2 rings (SSSR count). The van der Waals surface area contributed by atoms with E-state index in [-0.39, 0.29) is 5.78 Å². The summed E-state index contributed by atoms with van der Waals surface area (Å²) in [5.74, 6) is 1.79. The number of aryl methyl sites for hydroxylation is 1. The second-order valence-electron chi connectivity index (χ2n) is 4.75. The van der Waals surface area contributed by atoms with Crippen LogP contribution < -0.4 is 15.2 Å². The molecule has 0 aliphatic carbocycles. The van der Waals surface area contributed by atoms with Crippen LogP contribution in [0, 0.1) is 0 Å². The third-order valence-corrected chi connectivity index (χ3v) is 3.27. The van der Waals surface area contributed by atoms with E-state index in [9.17, 15) is 4.79 Å². The Labute approximate surface area is 124 Å². The molecule has 0 aliphatic rings. The molecule has 110 valence electrons. The van der Waals surface area contributed by atoms with E-state index >= 15 is 0 Å². The monoisotopic (exact) mass is 285 g/mol. The number of ketones is 1. The van der Waals surface area contributed by atoms with Gasteiger partial charge in [0, 0.05) is 17.3 Å². The summed E-state index contributed by atoms with van der Waals surface area (Å²) in [5, 5.41) is 0. The molecule has 2 N–H and O–H groups in total. The van der Waals surface area contributed by atoms with E-state index in [0.717, 1.165) is 6.42 Å². The Bertz CT molecular complexity index is 665. The Kier molecular flexibility index (Phi) is 4.48. The number of carbonyl (C=O) groups excluding carboxylic acids is 1. The van der Waals surface area contributed by atoms with E-state index in [1.165, 1.54) is 12.5 Å². The molecular weight excluding hydrogens is 266 g/mol. The zero-order chi connectivity index (χ0) is 15.4. The molecule has 0 saturated heterocycles. The van der Waals surface area contributed by atoms with Crippen molar-refractivity contribution in [1.82, 2.24) is 0 Å². The number of nitrogen functional groups attached to an aromatic ring is 1. The number of Topliss-reactive ketones (excluding diaryl/α,β-unsaturated/α-hetero) is 1. The molecule has 0 atom stereocenters. The lowest BCUT2D eigenvalue weighted by Crippen LogP contribution is -2.00. The number of methoxy groups -OCH3 is 1. The van der Waals surface area contributed by atoms with E-state index in [1.54, 1.807) is 25.3 Å². The van der Waals surface area contributed by atoms with E-state index < -0.39 is 0 Å². The topological polar surface area (TPSA) is 61.5 Å². The van der Waals surface area contributed by atoms with Crippen LogP contribution in [0.25, 0.3) is 0 Å².